The Kier molecular flexibility index (Phi) is 19.0. The molecule has 4 aromatic heterocycles. The molecule has 0 aliphatic carbocycles. The molecule has 0 spiro atoms. The number of rotatable bonds is 23. The maximum Gasteiger partial charge on any atom is 0.412 e. The maximum atomic E-state index is 14.2. The molecule has 2 aliphatic rings. The van der Waals surface area contributed by atoms with Gasteiger partial charge in [-0.15, -0.1) is 0 Å². The predicted octanol–water partition coefficient (Wildman–Crippen LogP) is 5.68. The van der Waals surface area contributed by atoms with Crippen LogP contribution in [0.5, 0.6) is 11.5 Å². The molecule has 0 bridgehead atoms. The lowest BCUT2D eigenvalue weighted by Gasteiger charge is -2.33. The highest BCUT2D eigenvalue weighted by atomic mass is 33.1. The van der Waals surface area contributed by atoms with Gasteiger partial charge in [-0.1, -0.05) is 29.0 Å². The van der Waals surface area contributed by atoms with Crippen molar-refractivity contribution in [3.8, 4) is 11.5 Å². The van der Waals surface area contributed by atoms with E-state index in [-0.39, 0.29) is 78.7 Å². The molecule has 400 valence electrons. The van der Waals surface area contributed by atoms with Crippen molar-refractivity contribution in [2.45, 2.75) is 43.0 Å². The van der Waals surface area contributed by atoms with E-state index >= 15 is 0 Å². The summed E-state index contributed by atoms with van der Waals surface area (Å²) in [7, 11) is 13.5. The van der Waals surface area contributed by atoms with Crippen molar-refractivity contribution in [2.75, 3.05) is 94.6 Å². The third-order valence-corrected chi connectivity index (χ3v) is 14.4. The minimum atomic E-state index is -0.748. The first-order valence-electron chi connectivity index (χ1n) is 24.2. The van der Waals surface area contributed by atoms with Crippen LogP contribution >= 0.6 is 21.6 Å². The average Bonchev–Trinajstić information content (AvgIpc) is 4.23. The van der Waals surface area contributed by atoms with Crippen molar-refractivity contribution in [2.24, 2.45) is 21.1 Å². The quantitative estimate of drug-likeness (QED) is 0.0229. The number of likely N-dealkylation sites (tertiary alicyclic amines) is 1. The molecule has 24 heteroatoms. The Morgan fingerprint density at radius 2 is 1.49 bits per heavy atom. The first kappa shape index (κ1) is 55.3. The second-order valence-corrected chi connectivity index (χ2v) is 20.6. The van der Waals surface area contributed by atoms with Crippen LogP contribution in [0.4, 0.5) is 27.5 Å². The summed E-state index contributed by atoms with van der Waals surface area (Å²) in [6.45, 7) is 6.63. The number of benzene rings is 1. The molecule has 2 atom stereocenters. The zero-order valence-corrected chi connectivity index (χ0v) is 44.5. The smallest absolute Gasteiger partial charge is 0.412 e. The van der Waals surface area contributed by atoms with E-state index in [0.29, 0.717) is 54.4 Å². The van der Waals surface area contributed by atoms with Crippen molar-refractivity contribution >= 4 is 80.0 Å². The molecule has 2 fully saturated rings. The fourth-order valence-corrected chi connectivity index (χ4v) is 10.2. The van der Waals surface area contributed by atoms with E-state index in [2.05, 4.69) is 32.8 Å². The fraction of sp³-hybridized carbons (Fsp3) is 0.392. The van der Waals surface area contributed by atoms with Crippen molar-refractivity contribution < 1.29 is 47.7 Å². The Morgan fingerprint density at radius 3 is 2.12 bits per heavy atom. The van der Waals surface area contributed by atoms with Gasteiger partial charge in [-0.3, -0.25) is 28.9 Å². The zero-order chi connectivity index (χ0) is 53.8. The van der Waals surface area contributed by atoms with Gasteiger partial charge in [-0.2, -0.15) is 0 Å². The molecular weight excluding hydrogens is 1000 g/mol. The Labute approximate surface area is 443 Å². The van der Waals surface area contributed by atoms with Gasteiger partial charge in [0.15, 0.2) is 17.7 Å². The van der Waals surface area contributed by atoms with Gasteiger partial charge in [0.1, 0.15) is 28.7 Å². The molecule has 6 N–H and O–H groups in total. The summed E-state index contributed by atoms with van der Waals surface area (Å²) in [6, 6.07) is 12.8. The molecule has 1 aromatic carbocycles. The number of nitrogens with two attached hydrogens (primary N) is 1. The number of carbonyl (C=O) groups is 6. The van der Waals surface area contributed by atoms with Gasteiger partial charge < -0.3 is 69.4 Å². The summed E-state index contributed by atoms with van der Waals surface area (Å²) in [6.07, 6.45) is 6.91. The molecule has 6 heterocycles. The number of anilines is 4. The van der Waals surface area contributed by atoms with Crippen LogP contribution in [-0.4, -0.2) is 154 Å². The Balaban J connectivity index is 0.864. The summed E-state index contributed by atoms with van der Waals surface area (Å²) >= 11 is 0. The fourth-order valence-electron chi connectivity index (χ4n) is 8.53. The van der Waals surface area contributed by atoms with Crippen molar-refractivity contribution in [1.82, 2.24) is 38.7 Å². The lowest BCUT2D eigenvalue weighted by Crippen LogP contribution is -2.51. The Hall–Kier alpha value is -7.41. The van der Waals surface area contributed by atoms with Crippen LogP contribution in [-0.2, 0) is 35.4 Å². The SMILES string of the molecule is C=C1C[C@@H](C2OCCN2C(=O)OCCSSc2ccccn2)N(C(=O)c2cc(OC)c(OCCCC(=O)Nc3cc(C(=O)Nc4cc(C(=O)Nc5cc(C(=O)NCCCN(C)C)n(C)c5)n(C)c4)n(C)c3)cc2N)C1. The van der Waals surface area contributed by atoms with Gasteiger partial charge in [0, 0.05) is 82.9 Å². The minimum absolute atomic E-state index is 0.0756. The van der Waals surface area contributed by atoms with Crippen LogP contribution in [0, 0.1) is 0 Å². The number of pyridine rings is 1. The highest BCUT2D eigenvalue weighted by Gasteiger charge is 2.45. The first-order chi connectivity index (χ1) is 36.0. The highest BCUT2D eigenvalue weighted by Crippen LogP contribution is 2.37. The summed E-state index contributed by atoms with van der Waals surface area (Å²) < 4.78 is 28.0. The number of methoxy groups -OCH3 is 1. The highest BCUT2D eigenvalue weighted by molar-refractivity contribution is 8.76. The van der Waals surface area contributed by atoms with Crippen LogP contribution in [0.3, 0.4) is 0 Å². The van der Waals surface area contributed by atoms with Gasteiger partial charge in [0.25, 0.3) is 23.6 Å². The number of carbonyl (C=O) groups excluding carboxylic acids is 6. The van der Waals surface area contributed by atoms with E-state index in [1.54, 1.807) is 76.7 Å². The number of amides is 6. The van der Waals surface area contributed by atoms with E-state index < -0.39 is 36.1 Å². The van der Waals surface area contributed by atoms with Gasteiger partial charge in [0.2, 0.25) is 5.91 Å². The summed E-state index contributed by atoms with van der Waals surface area (Å²) in [5, 5.41) is 12.2. The van der Waals surface area contributed by atoms with Gasteiger partial charge in [0.05, 0.1) is 55.5 Å². The van der Waals surface area contributed by atoms with Crippen molar-refractivity contribution in [3.05, 3.63) is 108 Å². The number of nitrogens with zero attached hydrogens (tertiary/aromatic N) is 7. The van der Waals surface area contributed by atoms with Crippen LogP contribution in [0.15, 0.2) is 90.5 Å². The largest absolute Gasteiger partial charge is 0.493 e. The molecule has 1 unspecified atom stereocenters. The molecule has 7 rings (SSSR count). The lowest BCUT2D eigenvalue weighted by molar-refractivity contribution is -0.116. The standard InChI is InChI=1S/C51H64N12O10S2/c1-32-22-41(50-62(17-19-72-50)51(69)73-20-21-74-75-45-13-8-9-14-53-45)63(28-32)49(68)36-26-42(70-7)43(27-37(36)52)71-18-10-12-44(64)55-33-23-39(60(5)29-33)47(66)57-35-25-40(61(6)31-35)48(67)56-34-24-38(59(4)30-34)46(65)54-15-11-16-58(2)3/h8-9,13-14,23-27,29-31,41,50H,1,10-12,15-22,28,52H2,2-7H3,(H,54,65)(H,55,64)(H,56,67)(H,57,66)/t41-,50?/m0/s1. The monoisotopic (exact) mass is 1070 g/mol. The molecule has 2 saturated heterocycles. The summed E-state index contributed by atoms with van der Waals surface area (Å²) in [5.74, 6) is -0.773. The maximum absolute atomic E-state index is 14.2. The molecule has 5 aromatic rings. The second kappa shape index (κ2) is 25.7. The van der Waals surface area contributed by atoms with E-state index in [4.69, 9.17) is 24.7 Å². The molecule has 22 nitrogen and oxygen atoms in total. The van der Waals surface area contributed by atoms with Crippen LogP contribution < -0.4 is 36.5 Å². The van der Waals surface area contributed by atoms with Crippen molar-refractivity contribution in [3.63, 3.8) is 0 Å². The number of aromatic nitrogens is 4. The molecule has 6 amide bonds. The topological polar surface area (TPSA) is 251 Å². The minimum Gasteiger partial charge on any atom is -0.493 e. The summed E-state index contributed by atoms with van der Waals surface area (Å²) in [4.78, 5) is 89.3. The van der Waals surface area contributed by atoms with E-state index in [1.807, 2.05) is 37.2 Å². The van der Waals surface area contributed by atoms with Gasteiger partial charge in [-0.25, -0.2) is 9.78 Å². The number of hydrogen-bond donors (Lipinski definition) is 5. The number of nitrogen functional groups attached to an aromatic ring is 1. The second-order valence-electron chi connectivity index (χ2n) is 18.2. The van der Waals surface area contributed by atoms with E-state index in [9.17, 15) is 28.8 Å². The van der Waals surface area contributed by atoms with Crippen LogP contribution in [0.25, 0.3) is 0 Å². The molecule has 2 aliphatic heterocycles. The predicted molar refractivity (Wildman–Crippen MR) is 287 cm³/mol. The third kappa shape index (κ3) is 14.5. The third-order valence-electron chi connectivity index (χ3n) is 12.2. The number of nitrogens with one attached hydrogen (secondary N) is 4. The number of aryl methyl sites for hydroxylation is 3. The Bertz CT molecular complexity index is 2880. The molecule has 0 radical (unpaired) electrons. The van der Waals surface area contributed by atoms with Gasteiger partial charge in [-0.05, 0) is 87.1 Å². The number of ether oxygens (including phenoxy) is 4. The lowest BCUT2D eigenvalue weighted by atomic mass is 10.1. The average molecular weight is 1070 g/mol. The van der Waals surface area contributed by atoms with Gasteiger partial charge >= 0.3 is 6.09 Å². The molecular formula is C51H64N12O10S2. The number of hydrogen-bond acceptors (Lipinski definition) is 15. The first-order valence-corrected chi connectivity index (χ1v) is 26.5. The summed E-state index contributed by atoms with van der Waals surface area (Å²) in [5.41, 5.74) is 9.72. The molecule has 0 saturated carbocycles. The Morgan fingerprint density at radius 1 is 0.840 bits per heavy atom. The van der Waals surface area contributed by atoms with E-state index in [1.165, 1.54) is 51.8 Å². The van der Waals surface area contributed by atoms with Crippen LogP contribution in [0.2, 0.25) is 0 Å². The van der Waals surface area contributed by atoms with Crippen molar-refractivity contribution in [1.29, 1.82) is 0 Å². The van der Waals surface area contributed by atoms with E-state index in [0.717, 1.165) is 23.6 Å². The zero-order valence-electron chi connectivity index (χ0n) is 42.9. The van der Waals surface area contributed by atoms with Crippen LogP contribution in [0.1, 0.15) is 67.5 Å². The normalized spacial score (nSPS) is 15.3. The molecule has 75 heavy (non-hydrogen) atoms.